The van der Waals surface area contributed by atoms with Gasteiger partial charge in [-0.25, -0.2) is 4.39 Å². The zero-order valence-corrected chi connectivity index (χ0v) is 9.87. The van der Waals surface area contributed by atoms with Gasteiger partial charge in [0, 0.05) is 18.2 Å². The predicted molar refractivity (Wildman–Crippen MR) is 67.1 cm³/mol. The average Bonchev–Trinajstić information content (AvgIpc) is 2.30. The van der Waals surface area contributed by atoms with E-state index in [0.29, 0.717) is 12.8 Å². The zero-order chi connectivity index (χ0) is 12.7. The van der Waals surface area contributed by atoms with Gasteiger partial charge in [-0.15, -0.1) is 0 Å². The Hall–Kier alpha value is -1.84. The molecular weight excluding hydrogens is 219 g/mol. The van der Waals surface area contributed by atoms with Gasteiger partial charge >= 0.3 is 0 Å². The summed E-state index contributed by atoms with van der Waals surface area (Å²) < 4.78 is 12.7. The van der Waals surface area contributed by atoms with Crippen molar-refractivity contribution in [3.8, 4) is 0 Å². The lowest BCUT2D eigenvalue weighted by atomic mass is 10.1. The lowest BCUT2D eigenvalue weighted by molar-refractivity contribution is -0.120. The number of benzene rings is 1. The summed E-state index contributed by atoms with van der Waals surface area (Å²) in [4.78, 5) is 11.2. The summed E-state index contributed by atoms with van der Waals surface area (Å²) in [7, 11) is 0. The molecule has 1 atom stereocenters. The molecule has 0 fully saturated rings. The fourth-order valence-corrected chi connectivity index (χ4v) is 1.44. The van der Waals surface area contributed by atoms with Gasteiger partial charge in [-0.2, -0.15) is 0 Å². The molecule has 0 aliphatic heterocycles. The van der Waals surface area contributed by atoms with E-state index in [1.807, 2.05) is 6.92 Å². The predicted octanol–water partition coefficient (Wildman–Crippen LogP) is 2.67. The van der Waals surface area contributed by atoms with E-state index in [1.54, 1.807) is 12.1 Å². The Bertz CT molecular complexity index is 376. The van der Waals surface area contributed by atoms with E-state index in [9.17, 15) is 9.18 Å². The minimum Gasteiger partial charge on any atom is -0.383 e. The monoisotopic (exact) mass is 236 g/mol. The van der Waals surface area contributed by atoms with Crippen molar-refractivity contribution < 1.29 is 9.18 Å². The number of carbonyl (C=O) groups is 1. The molecular formula is C13H17FN2O. The van der Waals surface area contributed by atoms with Crippen molar-refractivity contribution >= 4 is 11.6 Å². The normalized spacial score (nSPS) is 11.6. The molecule has 0 saturated carbocycles. The molecule has 1 unspecified atom stereocenters. The first kappa shape index (κ1) is 13.2. The minimum absolute atomic E-state index is 0.0484. The SMILES string of the molecule is C=CNC(=O)CCC(C)Nc1ccc(F)cc1. The standard InChI is InChI=1S/C13H17FN2O/c1-3-15-13(17)9-4-10(2)16-12-7-5-11(14)6-8-12/h3,5-8,10,16H,1,4,9H2,2H3,(H,15,17). The van der Waals surface area contributed by atoms with E-state index in [2.05, 4.69) is 17.2 Å². The Balaban J connectivity index is 2.34. The number of anilines is 1. The molecule has 1 aromatic carbocycles. The maximum absolute atomic E-state index is 12.7. The van der Waals surface area contributed by atoms with Crippen LogP contribution < -0.4 is 10.6 Å². The molecule has 0 bridgehead atoms. The molecule has 0 aliphatic carbocycles. The summed E-state index contributed by atoms with van der Waals surface area (Å²) in [6.07, 6.45) is 2.51. The molecule has 0 aliphatic rings. The van der Waals surface area contributed by atoms with Crippen LogP contribution in [0, 0.1) is 5.82 Å². The summed E-state index contributed by atoms with van der Waals surface area (Å²) in [5, 5.41) is 5.71. The number of rotatable bonds is 6. The second-order valence-electron chi connectivity index (χ2n) is 3.86. The van der Waals surface area contributed by atoms with E-state index in [4.69, 9.17) is 0 Å². The number of hydrogen-bond donors (Lipinski definition) is 2. The van der Waals surface area contributed by atoms with Crippen LogP contribution in [0.3, 0.4) is 0 Å². The van der Waals surface area contributed by atoms with Crippen LogP contribution in [0.4, 0.5) is 10.1 Å². The smallest absolute Gasteiger partial charge is 0.223 e. The highest BCUT2D eigenvalue weighted by atomic mass is 19.1. The van der Waals surface area contributed by atoms with Gasteiger partial charge in [0.05, 0.1) is 0 Å². The van der Waals surface area contributed by atoms with Crippen LogP contribution in [-0.2, 0) is 4.79 Å². The number of carbonyl (C=O) groups excluding carboxylic acids is 1. The van der Waals surface area contributed by atoms with Gasteiger partial charge in [0.2, 0.25) is 5.91 Å². The van der Waals surface area contributed by atoms with E-state index in [-0.39, 0.29) is 17.8 Å². The molecule has 0 radical (unpaired) electrons. The quantitative estimate of drug-likeness (QED) is 0.797. The van der Waals surface area contributed by atoms with Crippen LogP contribution >= 0.6 is 0 Å². The van der Waals surface area contributed by atoms with Gasteiger partial charge in [-0.05, 0) is 43.8 Å². The Morgan fingerprint density at radius 2 is 2.12 bits per heavy atom. The Labute approximate surface area is 101 Å². The molecule has 0 aromatic heterocycles. The summed E-state index contributed by atoms with van der Waals surface area (Å²) >= 11 is 0. The number of hydrogen-bond acceptors (Lipinski definition) is 2. The first-order valence-corrected chi connectivity index (χ1v) is 5.54. The van der Waals surface area contributed by atoms with Crippen molar-refractivity contribution in [2.24, 2.45) is 0 Å². The lowest BCUT2D eigenvalue weighted by Crippen LogP contribution is -2.21. The van der Waals surface area contributed by atoms with Crippen molar-refractivity contribution in [3.63, 3.8) is 0 Å². The lowest BCUT2D eigenvalue weighted by Gasteiger charge is -2.14. The van der Waals surface area contributed by atoms with Gasteiger partial charge in [-0.3, -0.25) is 4.79 Å². The van der Waals surface area contributed by atoms with E-state index >= 15 is 0 Å². The van der Waals surface area contributed by atoms with E-state index < -0.39 is 0 Å². The first-order valence-electron chi connectivity index (χ1n) is 5.54. The molecule has 3 nitrogen and oxygen atoms in total. The van der Waals surface area contributed by atoms with Crippen molar-refractivity contribution in [1.29, 1.82) is 0 Å². The van der Waals surface area contributed by atoms with Crippen molar-refractivity contribution in [2.45, 2.75) is 25.8 Å². The fourth-order valence-electron chi connectivity index (χ4n) is 1.44. The van der Waals surface area contributed by atoms with Crippen molar-refractivity contribution in [3.05, 3.63) is 42.9 Å². The van der Waals surface area contributed by atoms with Gasteiger partial charge in [0.25, 0.3) is 0 Å². The van der Waals surface area contributed by atoms with Crippen LogP contribution in [0.25, 0.3) is 0 Å². The third-order valence-electron chi connectivity index (χ3n) is 2.32. The summed E-state index contributed by atoms with van der Waals surface area (Å²) in [5.41, 5.74) is 0.850. The molecule has 2 N–H and O–H groups in total. The van der Waals surface area contributed by atoms with E-state index in [1.165, 1.54) is 18.3 Å². The summed E-state index contributed by atoms with van der Waals surface area (Å²) in [5.74, 6) is -0.304. The average molecular weight is 236 g/mol. The van der Waals surface area contributed by atoms with Gasteiger partial charge < -0.3 is 10.6 Å². The molecule has 0 saturated heterocycles. The molecule has 17 heavy (non-hydrogen) atoms. The zero-order valence-electron chi connectivity index (χ0n) is 9.87. The highest BCUT2D eigenvalue weighted by molar-refractivity contribution is 5.76. The van der Waals surface area contributed by atoms with Crippen LogP contribution in [0.2, 0.25) is 0 Å². The first-order chi connectivity index (χ1) is 8.11. The largest absolute Gasteiger partial charge is 0.383 e. The Kier molecular flexibility index (Phi) is 5.20. The fraction of sp³-hybridized carbons (Fsp3) is 0.308. The minimum atomic E-state index is -0.256. The molecule has 1 rings (SSSR count). The second-order valence-corrected chi connectivity index (χ2v) is 3.86. The summed E-state index contributed by atoms with van der Waals surface area (Å²) in [6.45, 7) is 5.40. The topological polar surface area (TPSA) is 41.1 Å². The highest BCUT2D eigenvalue weighted by Gasteiger charge is 2.05. The molecule has 4 heteroatoms. The Morgan fingerprint density at radius 1 is 1.47 bits per heavy atom. The van der Waals surface area contributed by atoms with Gasteiger partial charge in [0.1, 0.15) is 5.82 Å². The van der Waals surface area contributed by atoms with Crippen molar-refractivity contribution in [2.75, 3.05) is 5.32 Å². The number of nitrogens with one attached hydrogen (secondary N) is 2. The maximum Gasteiger partial charge on any atom is 0.223 e. The van der Waals surface area contributed by atoms with Gasteiger partial charge in [-0.1, -0.05) is 6.58 Å². The van der Waals surface area contributed by atoms with Crippen LogP contribution in [0.5, 0.6) is 0 Å². The molecule has 1 amide bonds. The number of amides is 1. The third-order valence-corrected chi connectivity index (χ3v) is 2.32. The molecule has 92 valence electrons. The summed E-state index contributed by atoms with van der Waals surface area (Å²) in [6, 6.07) is 6.31. The van der Waals surface area contributed by atoms with Crippen LogP contribution in [-0.4, -0.2) is 11.9 Å². The highest BCUT2D eigenvalue weighted by Crippen LogP contribution is 2.11. The van der Waals surface area contributed by atoms with E-state index in [0.717, 1.165) is 5.69 Å². The van der Waals surface area contributed by atoms with Crippen LogP contribution in [0.1, 0.15) is 19.8 Å². The Morgan fingerprint density at radius 3 is 2.71 bits per heavy atom. The molecule has 1 aromatic rings. The second kappa shape index (κ2) is 6.68. The number of halogens is 1. The van der Waals surface area contributed by atoms with Crippen LogP contribution in [0.15, 0.2) is 37.0 Å². The van der Waals surface area contributed by atoms with Gasteiger partial charge in [0.15, 0.2) is 0 Å². The maximum atomic E-state index is 12.7. The molecule has 0 heterocycles. The van der Waals surface area contributed by atoms with Crippen molar-refractivity contribution in [1.82, 2.24) is 5.32 Å². The molecule has 0 spiro atoms. The third kappa shape index (κ3) is 5.15.